The molecule has 8 heterocycles. The fourth-order valence-corrected chi connectivity index (χ4v) is 21.6. The van der Waals surface area contributed by atoms with E-state index in [0.717, 1.165) is 106 Å². The molecule has 0 N–H and O–H groups in total. The first-order valence-corrected chi connectivity index (χ1v) is 48.5. The third-order valence-electron chi connectivity index (χ3n) is 28.7. The normalized spacial score (nSPS) is 13.4. The van der Waals surface area contributed by atoms with Crippen molar-refractivity contribution in [3.05, 3.63) is 529 Å². The SMILES string of the molecule is CC1(C)c2ccccc2N(c2cccc(-c3ccccc3-c3cc(C#N)ccn3)c2)c2ccccc21.CC1(C)c2ccccc2N(c2cccc(-c3ccccc3-c3ccc(C#N)nc3)c2)c2ccccc21.CC1(C)c2ccccc2N(c2cccc(-c3ccccc3-c3cccnc3C#N)c2)c2ccccc21.CC1(C)c2ccccc2N(c2cccc(-c3ccccc3-c3ncccc3C#N)c2)c2ccccc21. The van der Waals surface area contributed by atoms with Crippen molar-refractivity contribution in [2.75, 3.05) is 19.6 Å². The van der Waals surface area contributed by atoms with Crippen LogP contribution < -0.4 is 19.6 Å². The van der Waals surface area contributed by atoms with Gasteiger partial charge in [0.05, 0.1) is 74.1 Å². The molecule has 688 valence electrons. The van der Waals surface area contributed by atoms with Crippen LogP contribution in [-0.2, 0) is 21.7 Å². The molecule has 0 amide bonds. The highest BCUT2D eigenvalue weighted by Crippen LogP contribution is 2.58. The summed E-state index contributed by atoms with van der Waals surface area (Å²) in [7, 11) is 0. The summed E-state index contributed by atoms with van der Waals surface area (Å²) in [5.41, 5.74) is 42.3. The van der Waals surface area contributed by atoms with Gasteiger partial charge in [0.1, 0.15) is 29.6 Å². The van der Waals surface area contributed by atoms with Crippen molar-refractivity contribution in [3.8, 4) is 114 Å². The van der Waals surface area contributed by atoms with Crippen LogP contribution in [0.3, 0.4) is 0 Å². The molecule has 4 aliphatic heterocycles. The third-order valence-corrected chi connectivity index (χ3v) is 28.7. The predicted molar refractivity (Wildman–Crippen MR) is 587 cm³/mol. The first kappa shape index (κ1) is 91.7. The van der Waals surface area contributed by atoms with Crippen LogP contribution in [0.4, 0.5) is 68.2 Å². The van der Waals surface area contributed by atoms with E-state index in [1.165, 1.54) is 90.0 Å². The van der Waals surface area contributed by atoms with E-state index >= 15 is 0 Å². The highest BCUT2D eigenvalue weighted by Gasteiger charge is 2.42. The van der Waals surface area contributed by atoms with Crippen molar-refractivity contribution < 1.29 is 0 Å². The Morgan fingerprint density at radius 1 is 0.208 bits per heavy atom. The van der Waals surface area contributed by atoms with Crippen LogP contribution in [0.2, 0.25) is 0 Å². The molecule has 0 aliphatic carbocycles. The fourth-order valence-electron chi connectivity index (χ4n) is 21.6. The molecule has 0 saturated heterocycles. The topological polar surface area (TPSA) is 160 Å². The molecule has 0 fully saturated rings. The summed E-state index contributed by atoms with van der Waals surface area (Å²) in [4.78, 5) is 27.2. The zero-order valence-corrected chi connectivity index (χ0v) is 81.2. The molecule has 0 saturated carbocycles. The van der Waals surface area contributed by atoms with Gasteiger partial charge in [0.25, 0.3) is 0 Å². The van der Waals surface area contributed by atoms with Crippen molar-refractivity contribution in [1.29, 1.82) is 21.0 Å². The van der Waals surface area contributed by atoms with Gasteiger partial charge in [0, 0.05) is 91.5 Å². The number of rotatable bonds is 12. The average Bonchev–Trinajstić information content (AvgIpc) is 0.728. The molecule has 0 spiro atoms. The monoisotopic (exact) mass is 1850 g/mol. The van der Waals surface area contributed by atoms with Crippen molar-refractivity contribution >= 4 is 68.2 Å². The lowest BCUT2D eigenvalue weighted by Gasteiger charge is -2.42. The van der Waals surface area contributed by atoms with Gasteiger partial charge in [-0.25, -0.2) is 9.97 Å². The summed E-state index contributed by atoms with van der Waals surface area (Å²) >= 11 is 0. The number of nitrogens with zero attached hydrogens (tertiary/aromatic N) is 12. The van der Waals surface area contributed by atoms with E-state index < -0.39 is 0 Å². The smallest absolute Gasteiger partial charge is 0.148 e. The van der Waals surface area contributed by atoms with Gasteiger partial charge in [-0.1, -0.05) is 347 Å². The Labute approximate surface area is 842 Å². The molecule has 4 aliphatic rings. The molecule has 0 radical (unpaired) electrons. The van der Waals surface area contributed by atoms with Gasteiger partial charge in [-0.05, 0) is 246 Å². The second-order valence-corrected chi connectivity index (χ2v) is 38.5. The van der Waals surface area contributed by atoms with Crippen LogP contribution in [0.1, 0.15) is 122 Å². The Hall–Kier alpha value is -18.7. The zero-order chi connectivity index (χ0) is 98.8. The van der Waals surface area contributed by atoms with Crippen LogP contribution in [0.25, 0.3) is 89.3 Å². The number of anilines is 12. The number of para-hydroxylation sites is 8. The van der Waals surface area contributed by atoms with E-state index in [-0.39, 0.29) is 21.7 Å². The molecule has 20 aromatic rings. The van der Waals surface area contributed by atoms with Crippen LogP contribution in [0, 0.1) is 45.3 Å². The van der Waals surface area contributed by atoms with Gasteiger partial charge in [0.2, 0.25) is 0 Å². The maximum atomic E-state index is 9.69. The zero-order valence-electron chi connectivity index (χ0n) is 81.2. The number of nitriles is 4. The quantitative estimate of drug-likeness (QED) is 0.114. The molecular weight excluding hydrogens is 1750 g/mol. The molecule has 144 heavy (non-hydrogen) atoms. The summed E-state index contributed by atoms with van der Waals surface area (Å²) in [6.07, 6.45) is 6.88. The van der Waals surface area contributed by atoms with Gasteiger partial charge < -0.3 is 19.6 Å². The lowest BCUT2D eigenvalue weighted by molar-refractivity contribution is 0.632. The minimum atomic E-state index is -0.0967. The molecule has 12 nitrogen and oxygen atoms in total. The highest BCUT2D eigenvalue weighted by atomic mass is 15.2. The largest absolute Gasteiger partial charge is 0.310 e. The minimum Gasteiger partial charge on any atom is -0.310 e. The number of benzene rings is 16. The maximum Gasteiger partial charge on any atom is 0.148 e. The highest BCUT2D eigenvalue weighted by molar-refractivity contribution is 5.96. The molecule has 16 aromatic carbocycles. The Bertz CT molecular complexity index is 8080. The first-order chi connectivity index (χ1) is 70.3. The van der Waals surface area contributed by atoms with Crippen molar-refractivity contribution in [1.82, 2.24) is 19.9 Å². The minimum absolute atomic E-state index is 0.0868. The molecule has 12 heteroatoms. The van der Waals surface area contributed by atoms with Crippen LogP contribution >= 0.6 is 0 Å². The van der Waals surface area contributed by atoms with E-state index in [9.17, 15) is 15.8 Å². The molecule has 0 bridgehead atoms. The lowest BCUT2D eigenvalue weighted by atomic mass is 9.73. The predicted octanol–water partition coefficient (Wildman–Crippen LogP) is 33.6. The Balaban J connectivity index is 0.000000113. The van der Waals surface area contributed by atoms with Crippen LogP contribution in [0.15, 0.2) is 462 Å². The standard InChI is InChI=1S/4C33H25N3/c1-33(2)28-16-5-7-18-30(28)36(31-19-8-6-17-29(31)33)25-13-9-11-23(21-25)26-14-3-4-15-27(26)32-24(22-34)12-10-20-35-32;1-33(2)28-16-5-7-18-31(28)36(32-19-8-6-17-29(32)33)24-12-9-11-23(21-24)25-13-3-4-14-26(25)27-15-10-20-35-30(27)22-34;1-33(2)28-14-5-7-16-31(28)36(32-17-8-6-15-29(32)33)25-11-9-10-24(21-25)26-12-3-4-13-27(26)30-20-23(22-34)18-19-35-30;1-33(2)29-14-5-7-16-31(29)36(32-17-8-6-15-30(32)33)26-11-9-10-23(20-26)27-12-3-4-13-28(27)24-18-19-25(21-34)35-22-24/h3*3-21H,1-2H3;3-20,22H,1-2H3. The van der Waals surface area contributed by atoms with E-state index in [1.54, 1.807) is 43.0 Å². The molecule has 0 atom stereocenters. The summed E-state index contributed by atoms with van der Waals surface area (Å²) < 4.78 is 0. The molecule has 0 unspecified atom stereocenters. The van der Waals surface area contributed by atoms with Crippen molar-refractivity contribution in [2.45, 2.75) is 77.0 Å². The third kappa shape index (κ3) is 16.8. The average molecular weight is 1850 g/mol. The number of hydrogen-bond donors (Lipinski definition) is 0. The van der Waals surface area contributed by atoms with Crippen LogP contribution in [0.5, 0.6) is 0 Å². The van der Waals surface area contributed by atoms with Crippen molar-refractivity contribution in [3.63, 3.8) is 0 Å². The first-order valence-electron chi connectivity index (χ1n) is 48.5. The Kier molecular flexibility index (Phi) is 24.6. The summed E-state index contributed by atoms with van der Waals surface area (Å²) in [5, 5.41) is 37.9. The van der Waals surface area contributed by atoms with Crippen molar-refractivity contribution in [2.24, 2.45) is 0 Å². The van der Waals surface area contributed by atoms with E-state index in [1.807, 2.05) is 78.9 Å². The number of pyridine rings is 4. The fraction of sp³-hybridized carbons (Fsp3) is 0.0909. The summed E-state index contributed by atoms with van der Waals surface area (Å²) in [6.45, 7) is 18.4. The van der Waals surface area contributed by atoms with Gasteiger partial charge >= 0.3 is 0 Å². The van der Waals surface area contributed by atoms with Gasteiger partial charge in [-0.2, -0.15) is 21.0 Å². The number of fused-ring (bicyclic) bond motifs is 8. The van der Waals surface area contributed by atoms with Gasteiger partial charge in [0.15, 0.2) is 0 Å². The summed E-state index contributed by atoms with van der Waals surface area (Å²) in [6, 6.07) is 161. The Morgan fingerprint density at radius 3 is 0.847 bits per heavy atom. The molecule has 4 aromatic heterocycles. The molecular formula is C132H100N12. The van der Waals surface area contributed by atoms with E-state index in [4.69, 9.17) is 5.26 Å². The van der Waals surface area contributed by atoms with Crippen LogP contribution in [-0.4, -0.2) is 19.9 Å². The number of hydrogen-bond acceptors (Lipinski definition) is 12. The number of aromatic nitrogens is 4. The lowest BCUT2D eigenvalue weighted by Crippen LogP contribution is -2.30. The van der Waals surface area contributed by atoms with E-state index in [2.05, 4.69) is 459 Å². The second kappa shape index (κ2) is 38.6. The summed E-state index contributed by atoms with van der Waals surface area (Å²) in [5.74, 6) is 0. The van der Waals surface area contributed by atoms with E-state index in [0.29, 0.717) is 28.2 Å². The van der Waals surface area contributed by atoms with Gasteiger partial charge in [-0.15, -0.1) is 0 Å². The maximum absolute atomic E-state index is 9.69. The second-order valence-electron chi connectivity index (χ2n) is 38.5. The Morgan fingerprint density at radius 2 is 0.507 bits per heavy atom. The van der Waals surface area contributed by atoms with Gasteiger partial charge in [-0.3, -0.25) is 9.97 Å². The molecule has 24 rings (SSSR count).